The molecule has 2 fully saturated rings. The second kappa shape index (κ2) is 12.1. The topological polar surface area (TPSA) is 73.0 Å². The highest BCUT2D eigenvalue weighted by Crippen LogP contribution is 2.45. The van der Waals surface area contributed by atoms with Crippen LogP contribution in [-0.2, 0) is 21.5 Å². The van der Waals surface area contributed by atoms with Gasteiger partial charge < -0.3 is 20.0 Å². The van der Waals surface area contributed by atoms with Crippen molar-refractivity contribution in [2.24, 2.45) is 5.92 Å². The number of urea groups is 1. The molecule has 1 N–H and O–H groups in total. The predicted molar refractivity (Wildman–Crippen MR) is 166 cm³/mol. The van der Waals surface area contributed by atoms with Gasteiger partial charge in [0.25, 0.3) is 0 Å². The number of para-hydroxylation sites is 1. The van der Waals surface area contributed by atoms with Gasteiger partial charge >= 0.3 is 6.03 Å². The Morgan fingerprint density at radius 1 is 1.02 bits per heavy atom. The van der Waals surface area contributed by atoms with Gasteiger partial charge in [0.2, 0.25) is 11.8 Å². The molecule has 0 saturated carbocycles. The minimum atomic E-state index is -0.371. The molecule has 0 spiro atoms. The first-order chi connectivity index (χ1) is 19.5. The van der Waals surface area contributed by atoms with E-state index >= 15 is 0 Å². The number of amides is 4. The number of likely N-dealkylation sites (tertiary alicyclic amines) is 1. The Labute approximate surface area is 249 Å². The van der Waals surface area contributed by atoms with Gasteiger partial charge in [0, 0.05) is 44.3 Å². The summed E-state index contributed by atoms with van der Waals surface area (Å²) in [6.45, 7) is 13.5. The summed E-state index contributed by atoms with van der Waals surface area (Å²) in [7, 11) is 0. The van der Waals surface area contributed by atoms with Crippen molar-refractivity contribution in [3.63, 3.8) is 0 Å². The van der Waals surface area contributed by atoms with Crippen molar-refractivity contribution in [3.05, 3.63) is 65.2 Å². The lowest BCUT2D eigenvalue weighted by Crippen LogP contribution is -2.51. The van der Waals surface area contributed by atoms with Crippen LogP contribution in [0.2, 0.25) is 0 Å². The average molecular weight is 577 g/mol. The van der Waals surface area contributed by atoms with Crippen LogP contribution < -0.4 is 5.32 Å². The molecule has 8 heteroatoms. The van der Waals surface area contributed by atoms with Crippen molar-refractivity contribution < 1.29 is 14.4 Å². The number of anilines is 1. The number of rotatable bonds is 7. The molecule has 2 unspecified atom stereocenters. The molecule has 2 atom stereocenters. The fraction of sp³-hybridized carbons (Fsp3) is 0.545. The lowest BCUT2D eigenvalue weighted by Gasteiger charge is -2.40. The lowest BCUT2D eigenvalue weighted by atomic mass is 9.86. The molecular formula is C33H44N4O3S. The third kappa shape index (κ3) is 6.58. The number of carbonyl (C=O) groups is 3. The molecule has 4 amide bonds. The number of piperidine rings is 1. The van der Waals surface area contributed by atoms with E-state index in [1.807, 2.05) is 39.0 Å². The summed E-state index contributed by atoms with van der Waals surface area (Å²) in [6, 6.07) is 16.6. The quantitative estimate of drug-likeness (QED) is 0.414. The van der Waals surface area contributed by atoms with Crippen LogP contribution in [0.5, 0.6) is 0 Å². The van der Waals surface area contributed by atoms with Crippen molar-refractivity contribution in [2.45, 2.75) is 88.9 Å². The van der Waals surface area contributed by atoms with E-state index in [-0.39, 0.29) is 46.3 Å². The summed E-state index contributed by atoms with van der Waals surface area (Å²) < 4.78 is 0. The van der Waals surface area contributed by atoms with Gasteiger partial charge in [0.1, 0.15) is 5.37 Å². The minimum Gasteiger partial charge on any atom is -0.342 e. The number of benzene rings is 2. The standard InChI is InChI=1S/C33H44N4O3S/c1-22(2)14-19-36-30(39)28(41-31(36)23-10-12-25(13-11-23)33(3,4)5)20-29(38)35-17-15-26(16-18-35)37-21-24-8-6-7-9-27(24)34-32(37)40/h6-13,22,26,28,31H,14-21H2,1-5H3,(H,34,40). The molecule has 5 rings (SSSR count). The van der Waals surface area contributed by atoms with E-state index in [1.54, 1.807) is 11.8 Å². The maximum Gasteiger partial charge on any atom is 0.322 e. The third-order valence-electron chi connectivity index (χ3n) is 8.62. The predicted octanol–water partition coefficient (Wildman–Crippen LogP) is 6.40. The molecule has 3 heterocycles. The van der Waals surface area contributed by atoms with Crippen LogP contribution in [0.4, 0.5) is 10.5 Å². The zero-order chi connectivity index (χ0) is 29.3. The average Bonchev–Trinajstić information content (AvgIpc) is 3.25. The fourth-order valence-electron chi connectivity index (χ4n) is 5.99. The molecule has 0 radical (unpaired) electrons. The van der Waals surface area contributed by atoms with Crippen LogP contribution in [0.1, 0.15) is 82.4 Å². The van der Waals surface area contributed by atoms with Gasteiger partial charge in [-0.05, 0) is 53.4 Å². The molecular weight excluding hydrogens is 532 g/mol. The number of thioether (sulfide) groups is 1. The Hall–Kier alpha value is -3.00. The van der Waals surface area contributed by atoms with Crippen molar-refractivity contribution in [2.75, 3.05) is 25.0 Å². The van der Waals surface area contributed by atoms with Crippen molar-refractivity contribution in [1.29, 1.82) is 0 Å². The van der Waals surface area contributed by atoms with Gasteiger partial charge in [-0.1, -0.05) is 77.1 Å². The summed E-state index contributed by atoms with van der Waals surface area (Å²) in [5.74, 6) is 0.608. The fourth-order valence-corrected chi connectivity index (χ4v) is 7.46. The number of hydrogen-bond acceptors (Lipinski definition) is 4. The van der Waals surface area contributed by atoms with Gasteiger partial charge in [-0.25, -0.2) is 4.79 Å². The number of nitrogens with one attached hydrogen (secondary N) is 1. The molecule has 0 bridgehead atoms. The summed E-state index contributed by atoms with van der Waals surface area (Å²) >= 11 is 1.62. The molecule has 2 aromatic rings. The van der Waals surface area contributed by atoms with Gasteiger partial charge in [-0.3, -0.25) is 9.59 Å². The van der Waals surface area contributed by atoms with Gasteiger partial charge in [-0.15, -0.1) is 11.8 Å². The largest absolute Gasteiger partial charge is 0.342 e. The van der Waals surface area contributed by atoms with E-state index in [2.05, 4.69) is 64.2 Å². The highest BCUT2D eigenvalue weighted by molar-refractivity contribution is 8.01. The van der Waals surface area contributed by atoms with Crippen LogP contribution in [0, 0.1) is 5.92 Å². The molecule has 3 aliphatic heterocycles. The first-order valence-electron chi connectivity index (χ1n) is 15.0. The van der Waals surface area contributed by atoms with E-state index in [0.29, 0.717) is 32.1 Å². The summed E-state index contributed by atoms with van der Waals surface area (Å²) in [4.78, 5) is 45.6. The van der Waals surface area contributed by atoms with Crippen LogP contribution in [0.15, 0.2) is 48.5 Å². The highest BCUT2D eigenvalue weighted by Gasteiger charge is 2.43. The van der Waals surface area contributed by atoms with Gasteiger partial charge in [0.05, 0.1) is 5.25 Å². The maximum atomic E-state index is 13.6. The van der Waals surface area contributed by atoms with E-state index in [1.165, 1.54) is 5.56 Å². The van der Waals surface area contributed by atoms with Crippen molar-refractivity contribution >= 4 is 35.3 Å². The van der Waals surface area contributed by atoms with Crippen LogP contribution in [0.25, 0.3) is 0 Å². The molecule has 0 aliphatic carbocycles. The zero-order valence-electron chi connectivity index (χ0n) is 25.1. The lowest BCUT2D eigenvalue weighted by molar-refractivity contribution is -0.137. The second-order valence-corrected chi connectivity index (χ2v) is 14.4. The normalized spacial score (nSPS) is 21.9. The number of hydrogen-bond donors (Lipinski definition) is 1. The molecule has 2 saturated heterocycles. The Balaban J connectivity index is 1.21. The summed E-state index contributed by atoms with van der Waals surface area (Å²) in [5.41, 5.74) is 4.46. The van der Waals surface area contributed by atoms with Crippen LogP contribution >= 0.6 is 11.8 Å². The second-order valence-electron chi connectivity index (χ2n) is 13.1. The van der Waals surface area contributed by atoms with E-state index < -0.39 is 0 Å². The number of nitrogens with zero attached hydrogens (tertiary/aromatic N) is 3. The summed E-state index contributed by atoms with van der Waals surface area (Å²) in [6.07, 6.45) is 2.65. The third-order valence-corrected chi connectivity index (χ3v) is 10.1. The minimum absolute atomic E-state index is 0.0373. The SMILES string of the molecule is CC(C)CCN1C(=O)C(CC(=O)N2CCC(N3Cc4ccccc4NC3=O)CC2)SC1c1ccc(C(C)(C)C)cc1. The smallest absolute Gasteiger partial charge is 0.322 e. The first kappa shape index (κ1) is 29.5. The van der Waals surface area contributed by atoms with Crippen molar-refractivity contribution in [1.82, 2.24) is 14.7 Å². The van der Waals surface area contributed by atoms with E-state index in [9.17, 15) is 14.4 Å². The monoisotopic (exact) mass is 576 g/mol. The Bertz CT molecular complexity index is 1260. The van der Waals surface area contributed by atoms with Gasteiger partial charge in [0.15, 0.2) is 0 Å². The first-order valence-corrected chi connectivity index (χ1v) is 15.9. The van der Waals surface area contributed by atoms with E-state index in [0.717, 1.165) is 36.1 Å². The highest BCUT2D eigenvalue weighted by atomic mass is 32.2. The van der Waals surface area contributed by atoms with Crippen LogP contribution in [0.3, 0.4) is 0 Å². The molecule has 41 heavy (non-hydrogen) atoms. The number of carbonyl (C=O) groups excluding carboxylic acids is 3. The Morgan fingerprint density at radius 3 is 2.37 bits per heavy atom. The zero-order valence-corrected chi connectivity index (χ0v) is 25.9. The van der Waals surface area contributed by atoms with Crippen molar-refractivity contribution in [3.8, 4) is 0 Å². The molecule has 0 aromatic heterocycles. The van der Waals surface area contributed by atoms with Gasteiger partial charge in [-0.2, -0.15) is 0 Å². The molecule has 7 nitrogen and oxygen atoms in total. The summed E-state index contributed by atoms with van der Waals surface area (Å²) in [5, 5.41) is 2.56. The van der Waals surface area contributed by atoms with Crippen LogP contribution in [-0.4, -0.2) is 63.5 Å². The Morgan fingerprint density at radius 2 is 1.71 bits per heavy atom. The molecule has 2 aromatic carbocycles. The number of fused-ring (bicyclic) bond motifs is 1. The van der Waals surface area contributed by atoms with E-state index in [4.69, 9.17) is 0 Å². The maximum absolute atomic E-state index is 13.6. The molecule has 3 aliphatic rings. The Kier molecular flexibility index (Phi) is 8.69. The molecule has 220 valence electrons.